The Balaban J connectivity index is 3.12. The van der Waals surface area contributed by atoms with Gasteiger partial charge >= 0.3 is 22.8 Å². The van der Waals surface area contributed by atoms with Crippen LogP contribution in [-0.4, -0.2) is 93.2 Å². The molecule has 0 unspecified atom stereocenters. The molecule has 0 aromatic carbocycles. The molecule has 0 amide bonds. The molecule has 15 heteroatoms. The van der Waals surface area contributed by atoms with E-state index in [1.165, 1.54) is 0 Å². The molecule has 0 N–H and O–H groups in total. The third-order valence-corrected chi connectivity index (χ3v) is 10.4. The normalized spacial score (nSPS) is 17.6. The molecule has 1 aliphatic heterocycles. The highest BCUT2D eigenvalue weighted by Crippen LogP contribution is 2.52. The van der Waals surface area contributed by atoms with Gasteiger partial charge in [0, 0.05) is 0 Å². The van der Waals surface area contributed by atoms with Gasteiger partial charge in [0.1, 0.15) is 18.9 Å². The van der Waals surface area contributed by atoms with Gasteiger partial charge in [-0.3, -0.25) is 28.4 Å². The fourth-order valence-corrected chi connectivity index (χ4v) is 8.60. The first kappa shape index (κ1) is 31.4. The Morgan fingerprint density at radius 3 is 0.788 bits per heavy atom. The Morgan fingerprint density at radius 2 is 0.636 bits per heavy atom. The van der Waals surface area contributed by atoms with Gasteiger partial charge in [-0.2, -0.15) is 0 Å². The molecule has 1 aliphatic rings. The third kappa shape index (κ3) is 11.3. The van der Waals surface area contributed by atoms with E-state index in [0.29, 0.717) is 20.0 Å². The van der Waals surface area contributed by atoms with Crippen LogP contribution in [0.5, 0.6) is 0 Å². The van der Waals surface area contributed by atoms with Gasteiger partial charge in [-0.15, -0.1) is 0 Å². The molecule has 0 aromatic heterocycles. The average Bonchev–Trinajstić information content (AvgIpc) is 2.68. The standard InChI is InChI=1S/C18H42N3O9P3/c1-7-25-31(22,26-8-2)16-19-13-20(17-32(23,27-9-3)28-10-4)15-21(14-19)18-33(24,29-11-5)30-12-6/h7-18H2,1-6H3. The van der Waals surface area contributed by atoms with E-state index in [-0.39, 0.29) is 58.5 Å². The number of hydrogen-bond acceptors (Lipinski definition) is 12. The average molecular weight is 537 g/mol. The number of hydrogen-bond donors (Lipinski definition) is 0. The van der Waals surface area contributed by atoms with Gasteiger partial charge in [0.15, 0.2) is 0 Å². The first-order valence-corrected chi connectivity index (χ1v) is 16.6. The summed E-state index contributed by atoms with van der Waals surface area (Å²) in [6.45, 7) is 12.9. The van der Waals surface area contributed by atoms with Crippen molar-refractivity contribution in [2.24, 2.45) is 0 Å². The fraction of sp³-hybridized carbons (Fsp3) is 1.00. The van der Waals surface area contributed by atoms with Crippen molar-refractivity contribution in [1.29, 1.82) is 0 Å². The van der Waals surface area contributed by atoms with Crippen LogP contribution in [0.3, 0.4) is 0 Å². The van der Waals surface area contributed by atoms with E-state index in [2.05, 4.69) is 0 Å². The zero-order chi connectivity index (χ0) is 25.0. The molecule has 1 fully saturated rings. The molecular formula is C18H42N3O9P3. The van der Waals surface area contributed by atoms with E-state index >= 15 is 0 Å². The van der Waals surface area contributed by atoms with Crippen LogP contribution >= 0.6 is 22.8 Å². The summed E-state index contributed by atoms with van der Waals surface area (Å²) >= 11 is 0. The van der Waals surface area contributed by atoms with Gasteiger partial charge < -0.3 is 27.1 Å². The van der Waals surface area contributed by atoms with E-state index in [1.807, 2.05) is 14.7 Å². The van der Waals surface area contributed by atoms with Crippen LogP contribution in [0.4, 0.5) is 0 Å². The minimum atomic E-state index is -3.38. The maximum absolute atomic E-state index is 13.1. The Morgan fingerprint density at radius 1 is 0.455 bits per heavy atom. The predicted octanol–water partition coefficient (Wildman–Crippen LogP) is 4.45. The van der Waals surface area contributed by atoms with Crippen LogP contribution in [0, 0.1) is 0 Å². The second-order valence-corrected chi connectivity index (χ2v) is 13.3. The molecule has 0 radical (unpaired) electrons. The maximum atomic E-state index is 13.1. The molecule has 1 heterocycles. The summed E-state index contributed by atoms with van der Waals surface area (Å²) in [5.41, 5.74) is 0. The third-order valence-electron chi connectivity index (χ3n) is 4.27. The molecule has 1 rings (SSSR count). The summed E-state index contributed by atoms with van der Waals surface area (Å²) in [5.74, 6) is 0. The van der Waals surface area contributed by atoms with Gasteiger partial charge in [0.2, 0.25) is 0 Å². The van der Waals surface area contributed by atoms with Gasteiger partial charge in [-0.25, -0.2) is 0 Å². The van der Waals surface area contributed by atoms with Crippen molar-refractivity contribution in [3.63, 3.8) is 0 Å². The van der Waals surface area contributed by atoms with E-state index in [0.717, 1.165) is 0 Å². The molecule has 0 bridgehead atoms. The van der Waals surface area contributed by atoms with Gasteiger partial charge in [-0.05, 0) is 41.5 Å². The van der Waals surface area contributed by atoms with Crippen molar-refractivity contribution in [3.05, 3.63) is 0 Å². The van der Waals surface area contributed by atoms with E-state index in [9.17, 15) is 13.7 Å². The minimum Gasteiger partial charge on any atom is -0.308 e. The molecule has 198 valence electrons. The molecular weight excluding hydrogens is 495 g/mol. The summed E-state index contributed by atoms with van der Waals surface area (Å²) < 4.78 is 72.1. The predicted molar refractivity (Wildman–Crippen MR) is 127 cm³/mol. The van der Waals surface area contributed by atoms with Gasteiger partial charge in [0.05, 0.1) is 59.6 Å². The molecule has 1 saturated heterocycles. The molecule has 0 atom stereocenters. The largest absolute Gasteiger partial charge is 0.344 e. The lowest BCUT2D eigenvalue weighted by atomic mass is 10.6. The molecule has 0 spiro atoms. The smallest absolute Gasteiger partial charge is 0.308 e. The van der Waals surface area contributed by atoms with Crippen molar-refractivity contribution in [2.75, 3.05) is 78.5 Å². The Labute approximate surface area is 198 Å². The first-order chi connectivity index (χ1) is 15.6. The molecule has 0 aromatic rings. The number of nitrogens with zero attached hydrogens (tertiary/aromatic N) is 3. The Bertz CT molecular complexity index is 574. The summed E-state index contributed by atoms with van der Waals surface area (Å²) in [4.78, 5) is 5.50. The lowest BCUT2D eigenvalue weighted by Gasteiger charge is -2.43. The highest BCUT2D eigenvalue weighted by molar-refractivity contribution is 7.54. The lowest BCUT2D eigenvalue weighted by Crippen LogP contribution is -2.55. The SMILES string of the molecule is CCOP(=O)(CN1CN(CP(=O)(OCC)OCC)CN(CP(=O)(OCC)OCC)C1)OCC. The van der Waals surface area contributed by atoms with Gasteiger partial charge in [0.25, 0.3) is 0 Å². The summed E-state index contributed by atoms with van der Waals surface area (Å²) in [5, 5.41) is 0. The van der Waals surface area contributed by atoms with Crippen LogP contribution in [0.1, 0.15) is 41.5 Å². The van der Waals surface area contributed by atoms with Crippen LogP contribution in [0.15, 0.2) is 0 Å². The zero-order valence-corrected chi connectivity index (χ0v) is 23.5. The first-order valence-electron chi connectivity index (χ1n) is 11.4. The lowest BCUT2D eigenvalue weighted by molar-refractivity contribution is -0.0119. The highest BCUT2D eigenvalue weighted by atomic mass is 31.2. The van der Waals surface area contributed by atoms with Crippen LogP contribution in [-0.2, 0) is 40.8 Å². The van der Waals surface area contributed by atoms with Crippen molar-refractivity contribution in [3.8, 4) is 0 Å². The minimum absolute atomic E-state index is 0.0167. The van der Waals surface area contributed by atoms with E-state index < -0.39 is 22.8 Å². The van der Waals surface area contributed by atoms with Gasteiger partial charge in [-0.1, -0.05) is 0 Å². The molecule has 0 aliphatic carbocycles. The highest BCUT2D eigenvalue weighted by Gasteiger charge is 2.38. The van der Waals surface area contributed by atoms with Crippen LogP contribution in [0.25, 0.3) is 0 Å². The van der Waals surface area contributed by atoms with Crippen molar-refractivity contribution in [2.45, 2.75) is 41.5 Å². The molecule has 33 heavy (non-hydrogen) atoms. The molecule has 12 nitrogen and oxygen atoms in total. The summed E-state index contributed by atoms with van der Waals surface area (Å²) in [6.07, 6.45) is 0.0501. The molecule has 0 saturated carbocycles. The van der Waals surface area contributed by atoms with E-state index in [1.54, 1.807) is 41.5 Å². The van der Waals surface area contributed by atoms with Crippen molar-refractivity contribution >= 4 is 22.8 Å². The maximum Gasteiger partial charge on any atom is 0.344 e. The second kappa shape index (κ2) is 15.4. The number of rotatable bonds is 18. The quantitative estimate of drug-likeness (QED) is 0.230. The van der Waals surface area contributed by atoms with Crippen molar-refractivity contribution in [1.82, 2.24) is 14.7 Å². The summed E-state index contributed by atoms with van der Waals surface area (Å²) in [7, 11) is -10.2. The van der Waals surface area contributed by atoms with Crippen LogP contribution < -0.4 is 0 Å². The van der Waals surface area contributed by atoms with Crippen LogP contribution in [0.2, 0.25) is 0 Å². The zero-order valence-electron chi connectivity index (χ0n) is 20.8. The second-order valence-electron chi connectivity index (χ2n) is 7.20. The Hall–Kier alpha value is 0.330. The Kier molecular flexibility index (Phi) is 14.7. The topological polar surface area (TPSA) is 116 Å². The fourth-order valence-electron chi connectivity index (χ4n) is 3.52. The van der Waals surface area contributed by atoms with Crippen molar-refractivity contribution < 1.29 is 40.8 Å². The summed E-state index contributed by atoms with van der Waals surface area (Å²) in [6, 6.07) is 0. The van der Waals surface area contributed by atoms with E-state index in [4.69, 9.17) is 27.1 Å². The monoisotopic (exact) mass is 537 g/mol.